The highest BCUT2D eigenvalue weighted by Crippen LogP contribution is 2.44. The van der Waals surface area contributed by atoms with E-state index in [2.05, 4.69) is 16.0 Å². The number of carbonyl (C=O) groups is 2. The summed E-state index contributed by atoms with van der Waals surface area (Å²) >= 11 is 0. The Balaban J connectivity index is 0.000000308. The van der Waals surface area contributed by atoms with Crippen molar-refractivity contribution in [3.8, 4) is 11.5 Å². The maximum Gasteiger partial charge on any atom is 0.335 e. The summed E-state index contributed by atoms with van der Waals surface area (Å²) in [4.78, 5) is 33.2. The number of aliphatic imine (C=N–C) groups is 1. The molecule has 12 nitrogen and oxygen atoms in total. The smallest absolute Gasteiger partial charge is 0.335 e. The molecular weight excluding hydrogens is 474 g/mol. The fourth-order valence-corrected chi connectivity index (χ4v) is 4.27. The monoisotopic (exact) mass is 503 g/mol. The van der Waals surface area contributed by atoms with E-state index in [1.54, 1.807) is 25.7 Å². The lowest BCUT2D eigenvalue weighted by atomic mass is 9.74. The molecule has 0 unspecified atom stereocenters. The van der Waals surface area contributed by atoms with Crippen molar-refractivity contribution in [2.75, 3.05) is 13.7 Å². The number of fused-ring (bicyclic) bond motifs is 3. The van der Waals surface area contributed by atoms with Crippen LogP contribution in [0.25, 0.3) is 0 Å². The van der Waals surface area contributed by atoms with Crippen LogP contribution in [0.15, 0.2) is 35.7 Å². The van der Waals surface area contributed by atoms with Crippen LogP contribution >= 0.6 is 0 Å². The highest BCUT2D eigenvalue weighted by atomic mass is 16.5. The zero-order valence-corrected chi connectivity index (χ0v) is 19.8. The summed E-state index contributed by atoms with van der Waals surface area (Å²) in [5, 5.41) is 42.7. The van der Waals surface area contributed by atoms with Crippen LogP contribution < -0.4 is 9.47 Å². The van der Waals surface area contributed by atoms with Crippen LogP contribution in [0.3, 0.4) is 0 Å². The molecule has 1 aliphatic carbocycles. The zero-order valence-electron chi connectivity index (χ0n) is 19.8. The van der Waals surface area contributed by atoms with Gasteiger partial charge in [0.25, 0.3) is 0 Å². The molecule has 1 fully saturated rings. The molecule has 1 aromatic heterocycles. The van der Waals surface area contributed by atoms with Crippen LogP contribution in [0, 0.1) is 0 Å². The molecule has 2 aliphatic rings. The Labute approximate surface area is 206 Å². The molecule has 0 saturated heterocycles. The van der Waals surface area contributed by atoms with Crippen LogP contribution in [-0.4, -0.2) is 91.2 Å². The van der Waals surface area contributed by atoms with Gasteiger partial charge in [0.15, 0.2) is 23.7 Å². The van der Waals surface area contributed by atoms with Crippen LogP contribution in [0.5, 0.6) is 11.5 Å². The normalized spacial score (nSPS) is 21.9. The third kappa shape index (κ3) is 5.96. The number of ether oxygens (including phenoxy) is 2. The number of hydrogen-bond acceptors (Lipinski definition) is 10. The van der Waals surface area contributed by atoms with Crippen molar-refractivity contribution in [2.45, 2.75) is 56.5 Å². The van der Waals surface area contributed by atoms with Gasteiger partial charge >= 0.3 is 11.9 Å². The van der Waals surface area contributed by atoms with E-state index in [0.29, 0.717) is 18.8 Å². The minimum absolute atomic E-state index is 0.144. The van der Waals surface area contributed by atoms with Crippen LogP contribution in [-0.2, 0) is 9.59 Å². The molecule has 1 aromatic carbocycles. The molecule has 0 bridgehead atoms. The van der Waals surface area contributed by atoms with E-state index < -0.39 is 24.1 Å². The van der Waals surface area contributed by atoms with Gasteiger partial charge in [-0.25, -0.2) is 9.59 Å². The summed E-state index contributed by atoms with van der Waals surface area (Å²) in [6.07, 6.45) is 2.63. The number of rotatable bonds is 7. The summed E-state index contributed by atoms with van der Waals surface area (Å²) in [6, 6.07) is 4.18. The van der Waals surface area contributed by atoms with E-state index in [0.717, 1.165) is 41.1 Å². The quantitative estimate of drug-likeness (QED) is 0.355. The fourth-order valence-electron chi connectivity index (χ4n) is 4.27. The maximum absolute atomic E-state index is 10.2. The number of aromatic nitrogens is 2. The van der Waals surface area contributed by atoms with Crippen molar-refractivity contribution in [3.63, 3.8) is 0 Å². The van der Waals surface area contributed by atoms with E-state index in [4.69, 9.17) is 34.9 Å². The number of aliphatic hydroxyl groups is 3. The molecule has 1 saturated carbocycles. The second kappa shape index (κ2) is 11.9. The standard InChI is InChI=1S/C20H23N3O3.C4H6O6/c1-3-26-19-9-13-14-8-12(24)4-5-16(14)23-20(15(13)10-18(19)25-2)17-11-21-6-7-22-17;5-1(3(7)8)2(6)4(9)10/h6-7,9-12,14,16,24H,3-5,8H2,1-2H3;1-2,5-6H,(H,7,8)(H,9,10)/t12-,14-,16-;1-,2-/m10/s1. The Morgan fingerprint density at radius 2 is 1.78 bits per heavy atom. The van der Waals surface area contributed by atoms with E-state index in [1.165, 1.54) is 0 Å². The van der Waals surface area contributed by atoms with Crippen molar-refractivity contribution >= 4 is 17.7 Å². The van der Waals surface area contributed by atoms with Crippen LogP contribution in [0.2, 0.25) is 0 Å². The average molecular weight is 504 g/mol. The minimum atomic E-state index is -2.27. The predicted molar refractivity (Wildman–Crippen MR) is 126 cm³/mol. The molecule has 12 heteroatoms. The van der Waals surface area contributed by atoms with Gasteiger partial charge in [0, 0.05) is 23.9 Å². The lowest BCUT2D eigenvalue weighted by Gasteiger charge is -2.37. The number of benzene rings is 1. The summed E-state index contributed by atoms with van der Waals surface area (Å²) in [5.41, 5.74) is 3.73. The highest BCUT2D eigenvalue weighted by Gasteiger charge is 2.37. The lowest BCUT2D eigenvalue weighted by Crippen LogP contribution is -2.39. The Morgan fingerprint density at radius 1 is 1.08 bits per heavy atom. The van der Waals surface area contributed by atoms with Crippen molar-refractivity contribution in [2.24, 2.45) is 4.99 Å². The van der Waals surface area contributed by atoms with Crippen molar-refractivity contribution in [3.05, 3.63) is 47.5 Å². The molecule has 0 radical (unpaired) electrons. The molecule has 2 aromatic rings. The number of carboxylic acids is 2. The fraction of sp³-hybridized carbons (Fsp3) is 0.458. The van der Waals surface area contributed by atoms with Crippen molar-refractivity contribution < 1.29 is 44.6 Å². The second-order valence-corrected chi connectivity index (χ2v) is 8.30. The number of hydrogen-bond donors (Lipinski definition) is 5. The van der Waals surface area contributed by atoms with Gasteiger partial charge in [0.1, 0.15) is 5.69 Å². The Hall–Kier alpha value is -3.61. The first-order valence-electron chi connectivity index (χ1n) is 11.4. The number of aliphatic carboxylic acids is 2. The van der Waals surface area contributed by atoms with Gasteiger partial charge in [0.05, 0.1) is 37.8 Å². The molecule has 1 aliphatic heterocycles. The minimum Gasteiger partial charge on any atom is -0.493 e. The largest absolute Gasteiger partial charge is 0.493 e. The van der Waals surface area contributed by atoms with E-state index in [-0.39, 0.29) is 18.1 Å². The molecule has 2 heterocycles. The zero-order chi connectivity index (χ0) is 26.4. The van der Waals surface area contributed by atoms with Gasteiger partial charge in [0.2, 0.25) is 0 Å². The first kappa shape index (κ1) is 27.0. The summed E-state index contributed by atoms with van der Waals surface area (Å²) in [6.45, 7) is 2.52. The van der Waals surface area contributed by atoms with Gasteiger partial charge in [-0.2, -0.15) is 0 Å². The Morgan fingerprint density at radius 3 is 2.33 bits per heavy atom. The Kier molecular flexibility index (Phi) is 8.91. The van der Waals surface area contributed by atoms with Gasteiger partial charge in [-0.15, -0.1) is 0 Å². The van der Waals surface area contributed by atoms with Gasteiger partial charge in [-0.05, 0) is 43.9 Å². The maximum atomic E-state index is 10.2. The van der Waals surface area contributed by atoms with Crippen LogP contribution in [0.1, 0.15) is 48.9 Å². The predicted octanol–water partition coefficient (Wildman–Crippen LogP) is 0.609. The third-order valence-electron chi connectivity index (χ3n) is 5.98. The first-order valence-corrected chi connectivity index (χ1v) is 11.4. The molecule has 0 spiro atoms. The third-order valence-corrected chi connectivity index (χ3v) is 5.98. The summed E-state index contributed by atoms with van der Waals surface area (Å²) in [5.74, 6) is -1.95. The number of nitrogens with zero attached hydrogens (tertiary/aromatic N) is 3. The lowest BCUT2D eigenvalue weighted by molar-refractivity contribution is -0.165. The van der Waals surface area contributed by atoms with Crippen molar-refractivity contribution in [1.82, 2.24) is 9.97 Å². The molecule has 4 rings (SSSR count). The molecule has 36 heavy (non-hydrogen) atoms. The summed E-state index contributed by atoms with van der Waals surface area (Å²) < 4.78 is 11.3. The van der Waals surface area contributed by atoms with Crippen molar-refractivity contribution in [1.29, 1.82) is 0 Å². The molecule has 5 atom stereocenters. The second-order valence-electron chi connectivity index (χ2n) is 8.30. The Bertz CT molecular complexity index is 1090. The van der Waals surface area contributed by atoms with E-state index >= 15 is 0 Å². The van der Waals surface area contributed by atoms with E-state index in [1.807, 2.05) is 13.0 Å². The number of aliphatic hydroxyl groups excluding tert-OH is 3. The first-order chi connectivity index (χ1) is 17.2. The number of methoxy groups -OCH3 is 1. The highest BCUT2D eigenvalue weighted by molar-refractivity contribution is 6.13. The summed E-state index contributed by atoms with van der Waals surface area (Å²) in [7, 11) is 1.64. The molecule has 0 amide bonds. The van der Waals surface area contributed by atoms with Gasteiger partial charge < -0.3 is 35.0 Å². The van der Waals surface area contributed by atoms with E-state index in [9.17, 15) is 14.7 Å². The topological polar surface area (TPSA) is 192 Å². The molecule has 5 N–H and O–H groups in total. The van der Waals surface area contributed by atoms with Gasteiger partial charge in [-0.3, -0.25) is 15.0 Å². The van der Waals surface area contributed by atoms with Crippen LogP contribution in [0.4, 0.5) is 0 Å². The van der Waals surface area contributed by atoms with Gasteiger partial charge in [-0.1, -0.05) is 0 Å². The average Bonchev–Trinajstić information content (AvgIpc) is 2.88. The SMILES string of the molecule is CCOc1cc2c(cc1OC)C(c1cnccn1)=N[C@@H]1CC[C@@H](O)C[C@H]21.O=C(O)[C@@H](O)[C@H](O)C(=O)O. The molecular formula is C24H29N3O9. The molecule has 194 valence electrons. The number of carboxylic acid groups (broad SMARTS) is 2.